The molecule has 1 aliphatic heterocycles. The van der Waals surface area contributed by atoms with E-state index in [-0.39, 0.29) is 12.1 Å². The normalized spacial score (nSPS) is 15.8. The second-order valence-corrected chi connectivity index (χ2v) is 7.26. The number of rotatable bonds is 7. The molecule has 1 atom stereocenters. The molecule has 2 aromatic rings. The summed E-state index contributed by atoms with van der Waals surface area (Å²) in [6.07, 6.45) is 4.42. The van der Waals surface area contributed by atoms with Gasteiger partial charge >= 0.3 is 6.03 Å². The minimum atomic E-state index is -0.0768. The van der Waals surface area contributed by atoms with Crippen LogP contribution in [-0.4, -0.2) is 53.2 Å². The molecule has 0 spiro atoms. The molecule has 1 unspecified atom stereocenters. The lowest BCUT2D eigenvalue weighted by molar-refractivity contribution is 0.0342. The van der Waals surface area contributed by atoms with Gasteiger partial charge in [0, 0.05) is 50.3 Å². The number of carbonyl (C=O) groups is 1. The van der Waals surface area contributed by atoms with E-state index in [4.69, 9.17) is 4.74 Å². The maximum absolute atomic E-state index is 12.9. The van der Waals surface area contributed by atoms with Crippen molar-refractivity contribution in [3.05, 3.63) is 59.9 Å². The summed E-state index contributed by atoms with van der Waals surface area (Å²) in [4.78, 5) is 21.2. The molecule has 3 rings (SSSR count). The second kappa shape index (κ2) is 10.2. The Bertz CT molecular complexity index is 730. The highest BCUT2D eigenvalue weighted by Gasteiger charge is 2.19. The third kappa shape index (κ3) is 5.78. The number of nitrogens with one attached hydrogen (secondary N) is 1. The first-order chi connectivity index (χ1) is 13.7. The zero-order valence-corrected chi connectivity index (χ0v) is 16.8. The molecule has 1 aromatic heterocycles. The van der Waals surface area contributed by atoms with Crippen LogP contribution in [0.2, 0.25) is 0 Å². The summed E-state index contributed by atoms with van der Waals surface area (Å²) in [7, 11) is 0. The summed E-state index contributed by atoms with van der Waals surface area (Å²) >= 11 is 0. The highest BCUT2D eigenvalue weighted by Crippen LogP contribution is 2.16. The number of hydrogen-bond acceptors (Lipinski definition) is 4. The van der Waals surface area contributed by atoms with Gasteiger partial charge in [-0.05, 0) is 48.7 Å². The molecule has 0 saturated carbocycles. The van der Waals surface area contributed by atoms with E-state index in [0.717, 1.165) is 50.5 Å². The Hall–Kier alpha value is -2.44. The highest BCUT2D eigenvalue weighted by atomic mass is 16.5. The molecular formula is C22H30N4O2. The van der Waals surface area contributed by atoms with E-state index in [2.05, 4.69) is 41.2 Å². The Balaban J connectivity index is 1.60. The lowest BCUT2D eigenvalue weighted by atomic mass is 10.1. The third-order valence-electron chi connectivity index (χ3n) is 5.20. The van der Waals surface area contributed by atoms with Crippen molar-refractivity contribution in [1.29, 1.82) is 0 Å². The Kier molecular flexibility index (Phi) is 7.39. The van der Waals surface area contributed by atoms with Gasteiger partial charge in [-0.2, -0.15) is 0 Å². The topological polar surface area (TPSA) is 57.7 Å². The zero-order valence-electron chi connectivity index (χ0n) is 16.8. The Morgan fingerprint density at radius 1 is 1.14 bits per heavy atom. The van der Waals surface area contributed by atoms with E-state index < -0.39 is 0 Å². The lowest BCUT2D eigenvalue weighted by Crippen LogP contribution is -2.40. The molecular weight excluding hydrogens is 352 g/mol. The summed E-state index contributed by atoms with van der Waals surface area (Å²) in [6.45, 7) is 9.20. The fourth-order valence-electron chi connectivity index (χ4n) is 3.24. The second-order valence-electron chi connectivity index (χ2n) is 7.26. The summed E-state index contributed by atoms with van der Waals surface area (Å²) in [5.74, 6) is 0. The number of amides is 2. The van der Waals surface area contributed by atoms with Crippen LogP contribution in [0.15, 0.2) is 48.8 Å². The van der Waals surface area contributed by atoms with Gasteiger partial charge in [-0.3, -0.25) is 9.88 Å². The summed E-state index contributed by atoms with van der Waals surface area (Å²) < 4.78 is 5.40. The van der Waals surface area contributed by atoms with Gasteiger partial charge < -0.3 is 15.0 Å². The Labute approximate surface area is 167 Å². The van der Waals surface area contributed by atoms with E-state index in [1.807, 2.05) is 29.2 Å². The van der Waals surface area contributed by atoms with Crippen LogP contribution in [0.1, 0.15) is 31.4 Å². The molecule has 0 radical (unpaired) electrons. The molecule has 1 fully saturated rings. The number of pyridine rings is 1. The number of ether oxygens (including phenoxy) is 1. The predicted molar refractivity (Wildman–Crippen MR) is 111 cm³/mol. The molecule has 1 N–H and O–H groups in total. The molecule has 1 aliphatic rings. The number of morpholine rings is 1. The largest absolute Gasteiger partial charge is 0.379 e. The molecule has 1 aromatic carbocycles. The van der Waals surface area contributed by atoms with E-state index in [1.54, 1.807) is 12.4 Å². The molecule has 28 heavy (non-hydrogen) atoms. The van der Waals surface area contributed by atoms with Crippen LogP contribution in [-0.2, 0) is 17.8 Å². The van der Waals surface area contributed by atoms with Crippen molar-refractivity contribution in [3.63, 3.8) is 0 Å². The van der Waals surface area contributed by atoms with Gasteiger partial charge in [-0.1, -0.05) is 19.1 Å². The van der Waals surface area contributed by atoms with E-state index in [1.165, 1.54) is 5.56 Å². The minimum Gasteiger partial charge on any atom is -0.379 e. The molecule has 6 nitrogen and oxygen atoms in total. The maximum Gasteiger partial charge on any atom is 0.322 e. The fourth-order valence-corrected chi connectivity index (χ4v) is 3.24. The van der Waals surface area contributed by atoms with Gasteiger partial charge in [0.05, 0.1) is 13.2 Å². The predicted octanol–water partition coefficient (Wildman–Crippen LogP) is 3.75. The van der Waals surface area contributed by atoms with E-state index in [0.29, 0.717) is 6.54 Å². The van der Waals surface area contributed by atoms with Gasteiger partial charge in [-0.15, -0.1) is 0 Å². The van der Waals surface area contributed by atoms with Gasteiger partial charge in [-0.25, -0.2) is 4.79 Å². The van der Waals surface area contributed by atoms with Crippen molar-refractivity contribution in [2.24, 2.45) is 0 Å². The standard InChI is InChI=1S/C22H30N4O2/c1-3-18(2)26(17-20-8-10-23-11-9-20)22(27)24-21-6-4-19(5-7-21)16-25-12-14-28-15-13-25/h4-11,18H,3,12-17H2,1-2H3,(H,24,27). The summed E-state index contributed by atoms with van der Waals surface area (Å²) in [5, 5.41) is 3.05. The van der Waals surface area contributed by atoms with Crippen LogP contribution in [0.3, 0.4) is 0 Å². The Morgan fingerprint density at radius 2 is 1.82 bits per heavy atom. The SMILES string of the molecule is CCC(C)N(Cc1ccncc1)C(=O)Nc1ccc(CN2CCOCC2)cc1. The van der Waals surface area contributed by atoms with Crippen LogP contribution in [0.5, 0.6) is 0 Å². The number of carbonyl (C=O) groups excluding carboxylic acids is 1. The van der Waals surface area contributed by atoms with Crippen LogP contribution in [0.25, 0.3) is 0 Å². The van der Waals surface area contributed by atoms with E-state index in [9.17, 15) is 4.79 Å². The van der Waals surface area contributed by atoms with Gasteiger partial charge in [0.25, 0.3) is 0 Å². The molecule has 6 heteroatoms. The third-order valence-corrected chi connectivity index (χ3v) is 5.20. The average Bonchev–Trinajstić information content (AvgIpc) is 2.74. The fraction of sp³-hybridized carbons (Fsp3) is 0.455. The van der Waals surface area contributed by atoms with Crippen LogP contribution < -0.4 is 5.32 Å². The van der Waals surface area contributed by atoms with Crippen LogP contribution >= 0.6 is 0 Å². The number of hydrogen-bond donors (Lipinski definition) is 1. The first kappa shape index (κ1) is 20.3. The molecule has 150 valence electrons. The number of urea groups is 1. The zero-order chi connectivity index (χ0) is 19.8. The van der Waals surface area contributed by atoms with Crippen LogP contribution in [0.4, 0.5) is 10.5 Å². The molecule has 2 heterocycles. The van der Waals surface area contributed by atoms with Crippen molar-refractivity contribution < 1.29 is 9.53 Å². The number of aromatic nitrogens is 1. The average molecular weight is 383 g/mol. The number of nitrogens with zero attached hydrogens (tertiary/aromatic N) is 3. The lowest BCUT2D eigenvalue weighted by Gasteiger charge is -2.29. The van der Waals surface area contributed by atoms with Crippen molar-refractivity contribution in [3.8, 4) is 0 Å². The quantitative estimate of drug-likeness (QED) is 0.792. The van der Waals surface area contributed by atoms with Crippen molar-refractivity contribution in [2.45, 2.75) is 39.4 Å². The van der Waals surface area contributed by atoms with E-state index >= 15 is 0 Å². The minimum absolute atomic E-state index is 0.0768. The summed E-state index contributed by atoms with van der Waals surface area (Å²) in [5.41, 5.74) is 3.14. The molecule has 0 aliphatic carbocycles. The molecule has 1 saturated heterocycles. The Morgan fingerprint density at radius 3 is 2.46 bits per heavy atom. The van der Waals surface area contributed by atoms with Gasteiger partial charge in [0.1, 0.15) is 0 Å². The summed E-state index contributed by atoms with van der Waals surface area (Å²) in [6, 6.07) is 12.1. The van der Waals surface area contributed by atoms with Crippen molar-refractivity contribution >= 4 is 11.7 Å². The van der Waals surface area contributed by atoms with Crippen LogP contribution in [0, 0.1) is 0 Å². The molecule has 0 bridgehead atoms. The smallest absolute Gasteiger partial charge is 0.322 e. The van der Waals surface area contributed by atoms with Gasteiger partial charge in [0.2, 0.25) is 0 Å². The van der Waals surface area contributed by atoms with Crippen molar-refractivity contribution in [2.75, 3.05) is 31.6 Å². The number of benzene rings is 1. The maximum atomic E-state index is 12.9. The van der Waals surface area contributed by atoms with Gasteiger partial charge in [0.15, 0.2) is 0 Å². The highest BCUT2D eigenvalue weighted by molar-refractivity contribution is 5.89. The first-order valence-electron chi connectivity index (χ1n) is 10.0. The molecule has 2 amide bonds. The monoisotopic (exact) mass is 382 g/mol. The van der Waals surface area contributed by atoms with Crippen molar-refractivity contribution in [1.82, 2.24) is 14.8 Å². The first-order valence-corrected chi connectivity index (χ1v) is 10.0. The number of anilines is 1.